The van der Waals surface area contributed by atoms with Crippen LogP contribution < -0.4 is 5.32 Å². The average Bonchev–Trinajstić information content (AvgIpc) is 2.85. The van der Waals surface area contributed by atoms with Crippen LogP contribution in [0.15, 0.2) is 0 Å². The molecule has 0 radical (unpaired) electrons. The first-order valence-electron chi connectivity index (χ1n) is 5.10. The van der Waals surface area contributed by atoms with Crippen LogP contribution in [-0.2, 0) is 0 Å². The zero-order valence-electron chi connectivity index (χ0n) is 8.58. The van der Waals surface area contributed by atoms with Crippen molar-refractivity contribution in [2.24, 2.45) is 11.3 Å². The molecule has 0 aliphatic heterocycles. The van der Waals surface area contributed by atoms with Gasteiger partial charge in [0.15, 0.2) is 0 Å². The molecule has 0 spiro atoms. The van der Waals surface area contributed by atoms with Gasteiger partial charge in [0.2, 0.25) is 0 Å². The maximum absolute atomic E-state index is 9.10. The van der Waals surface area contributed by atoms with Crippen LogP contribution in [0.4, 0.5) is 0 Å². The van der Waals surface area contributed by atoms with E-state index in [4.69, 9.17) is 10.2 Å². The molecule has 78 valence electrons. The Balaban J connectivity index is 2.12. The number of aliphatic hydroxyl groups is 2. The molecule has 0 saturated heterocycles. The molecule has 0 bridgehead atoms. The van der Waals surface area contributed by atoms with Crippen molar-refractivity contribution < 1.29 is 10.2 Å². The van der Waals surface area contributed by atoms with E-state index in [0.717, 1.165) is 6.54 Å². The summed E-state index contributed by atoms with van der Waals surface area (Å²) in [6, 6.07) is 0. The monoisotopic (exact) mass is 187 g/mol. The second-order valence-electron chi connectivity index (χ2n) is 4.48. The molecule has 1 rings (SSSR count). The van der Waals surface area contributed by atoms with Gasteiger partial charge in [0.05, 0.1) is 12.7 Å². The Morgan fingerprint density at radius 2 is 2.00 bits per heavy atom. The minimum Gasteiger partial charge on any atom is -0.394 e. The number of hydrogen-bond donors (Lipinski definition) is 3. The molecule has 1 aliphatic rings. The van der Waals surface area contributed by atoms with Gasteiger partial charge in [-0.05, 0) is 24.2 Å². The lowest BCUT2D eigenvalue weighted by atomic mass is 9.92. The fraction of sp³-hybridized carbons (Fsp3) is 1.00. The Bertz CT molecular complexity index is 155. The van der Waals surface area contributed by atoms with Crippen molar-refractivity contribution in [1.82, 2.24) is 5.32 Å². The van der Waals surface area contributed by atoms with Crippen molar-refractivity contribution in [2.75, 3.05) is 19.7 Å². The summed E-state index contributed by atoms with van der Waals surface area (Å²) in [5.41, 5.74) is 0.481. The molecule has 1 atom stereocenters. The van der Waals surface area contributed by atoms with Crippen LogP contribution in [0.5, 0.6) is 0 Å². The fourth-order valence-electron chi connectivity index (χ4n) is 1.67. The molecule has 0 aromatic heterocycles. The van der Waals surface area contributed by atoms with Crippen LogP contribution in [0.2, 0.25) is 0 Å². The molecule has 3 heteroatoms. The van der Waals surface area contributed by atoms with Crippen LogP contribution in [-0.4, -0.2) is 36.0 Å². The molecule has 1 aliphatic carbocycles. The Hall–Kier alpha value is -0.120. The highest BCUT2D eigenvalue weighted by Gasteiger charge is 2.44. The van der Waals surface area contributed by atoms with Crippen molar-refractivity contribution in [1.29, 1.82) is 0 Å². The normalized spacial score (nSPS) is 21.9. The smallest absolute Gasteiger partial charge is 0.0894 e. The van der Waals surface area contributed by atoms with Crippen LogP contribution in [0, 0.1) is 11.3 Å². The minimum absolute atomic E-state index is 0.151. The van der Waals surface area contributed by atoms with E-state index >= 15 is 0 Å². The van der Waals surface area contributed by atoms with Gasteiger partial charge >= 0.3 is 0 Å². The van der Waals surface area contributed by atoms with E-state index in [1.807, 2.05) is 0 Å². The molecular weight excluding hydrogens is 166 g/mol. The number of aliphatic hydroxyl groups excluding tert-OH is 2. The highest BCUT2D eigenvalue weighted by Crippen LogP contribution is 2.51. The lowest BCUT2D eigenvalue weighted by molar-refractivity contribution is 0.0924. The van der Waals surface area contributed by atoms with Crippen molar-refractivity contribution >= 4 is 0 Å². The van der Waals surface area contributed by atoms with Crippen molar-refractivity contribution in [2.45, 2.75) is 32.8 Å². The summed E-state index contributed by atoms with van der Waals surface area (Å²) in [7, 11) is 0. The quantitative estimate of drug-likeness (QED) is 0.563. The summed E-state index contributed by atoms with van der Waals surface area (Å²) in [6.45, 7) is 5.82. The Morgan fingerprint density at radius 1 is 1.38 bits per heavy atom. The molecule has 1 fully saturated rings. The number of rotatable bonds is 6. The van der Waals surface area contributed by atoms with Gasteiger partial charge in [0, 0.05) is 13.1 Å². The molecule has 0 amide bonds. The summed E-state index contributed by atoms with van der Waals surface area (Å²) in [4.78, 5) is 0. The molecule has 0 aromatic rings. The Morgan fingerprint density at radius 3 is 2.38 bits per heavy atom. The lowest BCUT2D eigenvalue weighted by Gasteiger charge is -2.20. The van der Waals surface area contributed by atoms with E-state index in [1.54, 1.807) is 0 Å². The number of hydrogen-bond acceptors (Lipinski definition) is 3. The first-order valence-corrected chi connectivity index (χ1v) is 5.10. The third kappa shape index (κ3) is 2.93. The largest absolute Gasteiger partial charge is 0.394 e. The van der Waals surface area contributed by atoms with E-state index in [9.17, 15) is 0 Å². The van der Waals surface area contributed by atoms with E-state index < -0.39 is 6.10 Å². The third-order valence-corrected chi connectivity index (χ3v) is 3.18. The topological polar surface area (TPSA) is 52.5 Å². The highest BCUT2D eigenvalue weighted by atomic mass is 16.3. The molecule has 3 N–H and O–H groups in total. The van der Waals surface area contributed by atoms with Gasteiger partial charge in [-0.1, -0.05) is 13.8 Å². The second-order valence-corrected chi connectivity index (χ2v) is 4.48. The van der Waals surface area contributed by atoms with E-state index in [1.165, 1.54) is 12.8 Å². The zero-order chi connectivity index (χ0) is 9.90. The SMILES string of the molecule is CC(C)C1(CNC[C@H](O)CO)CC1. The predicted molar refractivity (Wildman–Crippen MR) is 52.5 cm³/mol. The summed E-state index contributed by atoms with van der Waals surface area (Å²) >= 11 is 0. The number of nitrogens with one attached hydrogen (secondary N) is 1. The van der Waals surface area contributed by atoms with Crippen molar-refractivity contribution in [3.63, 3.8) is 0 Å². The molecule has 0 unspecified atom stereocenters. The minimum atomic E-state index is -0.608. The Labute approximate surface area is 80.2 Å². The molecule has 0 aromatic carbocycles. The molecule has 13 heavy (non-hydrogen) atoms. The standard InChI is InChI=1S/C10H21NO2/c1-8(2)10(3-4-10)7-11-5-9(13)6-12/h8-9,11-13H,3-7H2,1-2H3/t9-/m0/s1. The van der Waals surface area contributed by atoms with Gasteiger partial charge < -0.3 is 15.5 Å². The fourth-order valence-corrected chi connectivity index (χ4v) is 1.67. The van der Waals surface area contributed by atoms with Gasteiger partial charge in [0.1, 0.15) is 0 Å². The first kappa shape index (κ1) is 11.0. The van der Waals surface area contributed by atoms with Gasteiger partial charge in [0.25, 0.3) is 0 Å². The highest BCUT2D eigenvalue weighted by molar-refractivity contribution is 4.97. The molecule has 3 nitrogen and oxygen atoms in total. The third-order valence-electron chi connectivity index (χ3n) is 3.18. The molecule has 1 saturated carbocycles. The molecular formula is C10H21NO2. The van der Waals surface area contributed by atoms with Crippen molar-refractivity contribution in [3.8, 4) is 0 Å². The van der Waals surface area contributed by atoms with E-state index in [0.29, 0.717) is 17.9 Å². The van der Waals surface area contributed by atoms with E-state index in [2.05, 4.69) is 19.2 Å². The summed E-state index contributed by atoms with van der Waals surface area (Å²) < 4.78 is 0. The predicted octanol–water partition coefficient (Wildman–Crippen LogP) is 0.365. The van der Waals surface area contributed by atoms with Gasteiger partial charge in [-0.2, -0.15) is 0 Å². The van der Waals surface area contributed by atoms with Gasteiger partial charge in [-0.15, -0.1) is 0 Å². The van der Waals surface area contributed by atoms with Crippen LogP contribution in [0.1, 0.15) is 26.7 Å². The van der Waals surface area contributed by atoms with Gasteiger partial charge in [-0.25, -0.2) is 0 Å². The van der Waals surface area contributed by atoms with E-state index in [-0.39, 0.29) is 6.61 Å². The van der Waals surface area contributed by atoms with Gasteiger partial charge in [-0.3, -0.25) is 0 Å². The second kappa shape index (κ2) is 4.40. The van der Waals surface area contributed by atoms with Crippen LogP contribution in [0.3, 0.4) is 0 Å². The maximum atomic E-state index is 9.10. The Kier molecular flexibility index (Phi) is 3.71. The molecule has 0 heterocycles. The summed E-state index contributed by atoms with van der Waals surface area (Å²) in [5.74, 6) is 0.714. The first-order chi connectivity index (χ1) is 6.10. The summed E-state index contributed by atoms with van der Waals surface area (Å²) in [6.07, 6.45) is 1.99. The average molecular weight is 187 g/mol. The lowest BCUT2D eigenvalue weighted by Crippen LogP contribution is -2.35. The maximum Gasteiger partial charge on any atom is 0.0894 e. The zero-order valence-corrected chi connectivity index (χ0v) is 8.58. The van der Waals surface area contributed by atoms with Crippen molar-refractivity contribution in [3.05, 3.63) is 0 Å². The summed E-state index contributed by atoms with van der Waals surface area (Å²) in [5, 5.41) is 20.9. The van der Waals surface area contributed by atoms with Crippen LogP contribution in [0.25, 0.3) is 0 Å². The van der Waals surface area contributed by atoms with Crippen LogP contribution >= 0.6 is 0 Å².